The average molecular weight is 457 g/mol. The van der Waals surface area contributed by atoms with Gasteiger partial charge in [0.1, 0.15) is 0 Å². The molecular formula is C26H32O7. The van der Waals surface area contributed by atoms with E-state index in [1.807, 2.05) is 44.2 Å². The van der Waals surface area contributed by atoms with Crippen molar-refractivity contribution in [3.63, 3.8) is 0 Å². The number of hydrogen-bond acceptors (Lipinski definition) is 7. The van der Waals surface area contributed by atoms with Gasteiger partial charge in [-0.3, -0.25) is 9.59 Å². The van der Waals surface area contributed by atoms with Crippen LogP contribution in [0.25, 0.3) is 0 Å². The van der Waals surface area contributed by atoms with Gasteiger partial charge >= 0.3 is 11.9 Å². The maximum atomic E-state index is 12.5. The number of ether oxygens (including phenoxy) is 5. The molecule has 0 radical (unpaired) electrons. The van der Waals surface area contributed by atoms with Crippen molar-refractivity contribution < 1.29 is 33.3 Å². The molecule has 0 spiro atoms. The Morgan fingerprint density at radius 1 is 0.909 bits per heavy atom. The van der Waals surface area contributed by atoms with Crippen molar-refractivity contribution in [2.24, 2.45) is 17.8 Å². The first kappa shape index (κ1) is 24.4. The van der Waals surface area contributed by atoms with Gasteiger partial charge in [0.2, 0.25) is 0 Å². The number of hydrogen-bond donors (Lipinski definition) is 0. The molecule has 2 atom stereocenters. The van der Waals surface area contributed by atoms with E-state index in [0.29, 0.717) is 48.9 Å². The Morgan fingerprint density at radius 3 is 2.09 bits per heavy atom. The zero-order valence-electron chi connectivity index (χ0n) is 19.9. The SMILES string of the molecule is COc1ccc(C[C@H]2COC(=O)[C@@H]2Cc2ccc(OC(=O)CC(C)C)c(OC)c2)cc1OC. The summed E-state index contributed by atoms with van der Waals surface area (Å²) in [5.74, 6) is 1.62. The van der Waals surface area contributed by atoms with Gasteiger partial charge in [-0.05, 0) is 54.2 Å². The molecule has 178 valence electrons. The summed E-state index contributed by atoms with van der Waals surface area (Å²) >= 11 is 0. The third kappa shape index (κ3) is 6.18. The van der Waals surface area contributed by atoms with E-state index in [1.165, 1.54) is 7.11 Å². The highest BCUT2D eigenvalue weighted by Gasteiger charge is 2.37. The van der Waals surface area contributed by atoms with Gasteiger partial charge in [0.05, 0.1) is 33.9 Å². The largest absolute Gasteiger partial charge is 0.493 e. The van der Waals surface area contributed by atoms with Crippen LogP contribution in [0.3, 0.4) is 0 Å². The summed E-state index contributed by atoms with van der Waals surface area (Å²) in [6.45, 7) is 4.29. The van der Waals surface area contributed by atoms with E-state index < -0.39 is 0 Å². The van der Waals surface area contributed by atoms with Gasteiger partial charge in [-0.2, -0.15) is 0 Å². The van der Waals surface area contributed by atoms with Crippen LogP contribution in [0.4, 0.5) is 0 Å². The molecule has 0 N–H and O–H groups in total. The van der Waals surface area contributed by atoms with Crippen LogP contribution in [0.5, 0.6) is 23.0 Å². The van der Waals surface area contributed by atoms with E-state index in [4.69, 9.17) is 23.7 Å². The number of carbonyl (C=O) groups excluding carboxylic acids is 2. The highest BCUT2D eigenvalue weighted by atomic mass is 16.6. The smallest absolute Gasteiger partial charge is 0.311 e. The zero-order valence-corrected chi connectivity index (χ0v) is 19.9. The molecule has 2 aromatic rings. The molecule has 2 aromatic carbocycles. The van der Waals surface area contributed by atoms with Gasteiger partial charge in [0.15, 0.2) is 23.0 Å². The van der Waals surface area contributed by atoms with Gasteiger partial charge in [0, 0.05) is 12.3 Å². The van der Waals surface area contributed by atoms with Crippen LogP contribution in [-0.2, 0) is 27.2 Å². The lowest BCUT2D eigenvalue weighted by atomic mass is 9.85. The first-order valence-corrected chi connectivity index (χ1v) is 11.1. The normalized spacial score (nSPS) is 17.6. The number of rotatable bonds is 10. The molecule has 0 aliphatic carbocycles. The van der Waals surface area contributed by atoms with Crippen LogP contribution in [0.15, 0.2) is 36.4 Å². The molecule has 0 unspecified atom stereocenters. The molecule has 0 amide bonds. The molecule has 0 aromatic heterocycles. The van der Waals surface area contributed by atoms with Crippen LogP contribution in [-0.4, -0.2) is 39.9 Å². The van der Waals surface area contributed by atoms with Crippen molar-refractivity contribution in [1.29, 1.82) is 0 Å². The van der Waals surface area contributed by atoms with Crippen LogP contribution >= 0.6 is 0 Å². The summed E-state index contributed by atoms with van der Waals surface area (Å²) in [6.07, 6.45) is 1.52. The summed E-state index contributed by atoms with van der Waals surface area (Å²) in [5, 5.41) is 0. The highest BCUT2D eigenvalue weighted by molar-refractivity contribution is 5.75. The van der Waals surface area contributed by atoms with E-state index in [2.05, 4.69) is 0 Å². The fourth-order valence-electron chi connectivity index (χ4n) is 4.04. The summed E-state index contributed by atoms with van der Waals surface area (Å²) in [4.78, 5) is 24.5. The Bertz CT molecular complexity index is 983. The van der Waals surface area contributed by atoms with E-state index in [1.54, 1.807) is 20.3 Å². The summed E-state index contributed by atoms with van der Waals surface area (Å²) in [7, 11) is 4.73. The van der Waals surface area contributed by atoms with Gasteiger partial charge in [-0.1, -0.05) is 26.0 Å². The monoisotopic (exact) mass is 456 g/mol. The van der Waals surface area contributed by atoms with Gasteiger partial charge < -0.3 is 23.7 Å². The Morgan fingerprint density at radius 2 is 1.48 bits per heavy atom. The van der Waals surface area contributed by atoms with Crippen molar-refractivity contribution in [3.8, 4) is 23.0 Å². The fourth-order valence-corrected chi connectivity index (χ4v) is 4.04. The minimum atomic E-state index is -0.301. The first-order chi connectivity index (χ1) is 15.8. The van der Waals surface area contributed by atoms with E-state index in [9.17, 15) is 9.59 Å². The lowest BCUT2D eigenvalue weighted by Crippen LogP contribution is -2.20. The van der Waals surface area contributed by atoms with Gasteiger partial charge in [0.25, 0.3) is 0 Å². The van der Waals surface area contributed by atoms with Crippen molar-refractivity contribution >= 4 is 11.9 Å². The quantitative estimate of drug-likeness (QED) is 0.391. The lowest BCUT2D eigenvalue weighted by Gasteiger charge is -2.17. The highest BCUT2D eigenvalue weighted by Crippen LogP contribution is 2.35. The van der Waals surface area contributed by atoms with Crippen molar-refractivity contribution in [1.82, 2.24) is 0 Å². The molecule has 1 fully saturated rings. The summed E-state index contributed by atoms with van der Waals surface area (Å²) < 4.78 is 27.0. The second-order valence-corrected chi connectivity index (χ2v) is 8.65. The van der Waals surface area contributed by atoms with Crippen LogP contribution in [0, 0.1) is 17.8 Å². The molecule has 0 saturated carbocycles. The molecular weight excluding hydrogens is 424 g/mol. The van der Waals surface area contributed by atoms with Crippen LogP contribution < -0.4 is 18.9 Å². The lowest BCUT2D eigenvalue weighted by molar-refractivity contribution is -0.141. The average Bonchev–Trinajstić information content (AvgIpc) is 3.12. The number of benzene rings is 2. The minimum Gasteiger partial charge on any atom is -0.493 e. The predicted molar refractivity (Wildman–Crippen MR) is 123 cm³/mol. The Kier molecular flexibility index (Phi) is 8.20. The van der Waals surface area contributed by atoms with Crippen molar-refractivity contribution in [2.45, 2.75) is 33.1 Å². The fraction of sp³-hybridized carbons (Fsp3) is 0.462. The Balaban J connectivity index is 1.73. The summed E-state index contributed by atoms with van der Waals surface area (Å²) in [5.41, 5.74) is 1.96. The van der Waals surface area contributed by atoms with Crippen molar-refractivity contribution in [2.75, 3.05) is 27.9 Å². The van der Waals surface area contributed by atoms with E-state index in [0.717, 1.165) is 11.1 Å². The van der Waals surface area contributed by atoms with Crippen LogP contribution in [0.2, 0.25) is 0 Å². The Labute approximate surface area is 194 Å². The second-order valence-electron chi connectivity index (χ2n) is 8.65. The van der Waals surface area contributed by atoms with Gasteiger partial charge in [-0.25, -0.2) is 0 Å². The zero-order chi connectivity index (χ0) is 24.0. The van der Waals surface area contributed by atoms with Crippen molar-refractivity contribution in [3.05, 3.63) is 47.5 Å². The molecule has 1 aliphatic heterocycles. The van der Waals surface area contributed by atoms with Gasteiger partial charge in [-0.15, -0.1) is 0 Å². The molecule has 1 saturated heterocycles. The maximum Gasteiger partial charge on any atom is 0.311 e. The van der Waals surface area contributed by atoms with E-state index in [-0.39, 0.29) is 29.7 Å². The molecule has 3 rings (SSSR count). The molecule has 0 bridgehead atoms. The third-order valence-electron chi connectivity index (χ3n) is 5.74. The number of methoxy groups -OCH3 is 3. The number of carbonyl (C=O) groups is 2. The Hall–Kier alpha value is -3.22. The molecule has 33 heavy (non-hydrogen) atoms. The molecule has 1 heterocycles. The summed E-state index contributed by atoms with van der Waals surface area (Å²) in [6, 6.07) is 11.2. The number of esters is 2. The maximum absolute atomic E-state index is 12.5. The second kappa shape index (κ2) is 11.1. The standard InChI is InChI=1S/C26H32O7/c1-16(2)10-25(27)33-22-9-7-18(14-24(22)31-5)12-20-19(15-32-26(20)28)11-17-6-8-21(29-3)23(13-17)30-4/h6-9,13-14,16,19-20H,10-12,15H2,1-5H3/t19-,20+/m0/s1. The topological polar surface area (TPSA) is 80.3 Å². The third-order valence-corrected chi connectivity index (χ3v) is 5.74. The molecule has 7 heteroatoms. The minimum absolute atomic E-state index is 0.0325. The first-order valence-electron chi connectivity index (χ1n) is 11.1. The predicted octanol–water partition coefficient (Wildman–Crippen LogP) is 4.24. The number of cyclic esters (lactones) is 1. The molecule has 7 nitrogen and oxygen atoms in total. The van der Waals surface area contributed by atoms with Crippen LogP contribution in [0.1, 0.15) is 31.4 Å². The molecule has 1 aliphatic rings. The van der Waals surface area contributed by atoms with E-state index >= 15 is 0 Å².